The second-order valence-electron chi connectivity index (χ2n) is 8.98. The number of anilines is 2. The number of hydrogen-bond acceptors (Lipinski definition) is 11. The summed E-state index contributed by atoms with van der Waals surface area (Å²) in [7, 11) is -3.13. The summed E-state index contributed by atoms with van der Waals surface area (Å²) in [5, 5.41) is 4.75. The summed E-state index contributed by atoms with van der Waals surface area (Å²) in [5.74, 6) is 0.274. The number of ether oxygens (including phenoxy) is 1. The van der Waals surface area contributed by atoms with Crippen molar-refractivity contribution in [3.63, 3.8) is 0 Å². The highest BCUT2D eigenvalue weighted by Gasteiger charge is 2.36. The number of aromatic nitrogens is 2. The minimum Gasteiger partial charge on any atom is -0.379 e. The van der Waals surface area contributed by atoms with Gasteiger partial charge in [-0.15, -0.1) is 11.3 Å². The van der Waals surface area contributed by atoms with E-state index in [4.69, 9.17) is 10.5 Å². The number of rotatable bonds is 5. The summed E-state index contributed by atoms with van der Waals surface area (Å²) in [6, 6.07) is 2.47. The van der Waals surface area contributed by atoms with Gasteiger partial charge in [-0.3, -0.25) is 14.8 Å². The van der Waals surface area contributed by atoms with Crippen LogP contribution in [-0.4, -0.2) is 110 Å². The van der Waals surface area contributed by atoms with Crippen molar-refractivity contribution in [1.29, 1.82) is 0 Å². The fraction of sp³-hybridized carbons (Fsp3) is 0.619. The van der Waals surface area contributed by atoms with Gasteiger partial charge in [0.2, 0.25) is 16.0 Å². The number of thiophene rings is 1. The molecular formula is C21H32N8O3S2. The third-order valence-corrected chi connectivity index (χ3v) is 9.37. The molecule has 2 aromatic heterocycles. The van der Waals surface area contributed by atoms with Gasteiger partial charge in [-0.05, 0) is 13.0 Å². The number of sulfonamides is 1. The Hall–Kier alpha value is -1.87. The standard InChI is InChI=1S/C21H32N8O3S2/c1-16-20-18(11-19(33-20)17-12-23-21(22)24-13-17)29(27-7-9-32-10-8-27)15-26(16)14-25-3-5-28(6-4-25)34(2,30)31/h11-13,16H,3-10,14-15H2,1-2H3,(H2,22,23,24). The SMILES string of the molecule is CC1c2sc(-c3cnc(N)nc3)cc2N(N2CCOCC2)CN1CN1CCN(S(C)(=O)=O)CC1. The van der Waals surface area contributed by atoms with E-state index in [1.165, 1.54) is 16.8 Å². The minimum absolute atomic E-state index is 0.230. The smallest absolute Gasteiger partial charge is 0.219 e. The van der Waals surface area contributed by atoms with E-state index in [1.807, 2.05) is 0 Å². The Morgan fingerprint density at radius 1 is 1.12 bits per heavy atom. The van der Waals surface area contributed by atoms with Crippen LogP contribution in [0.5, 0.6) is 0 Å². The molecule has 3 aliphatic heterocycles. The van der Waals surface area contributed by atoms with Gasteiger partial charge in [-0.1, -0.05) is 0 Å². The number of nitrogens with zero attached hydrogens (tertiary/aromatic N) is 7. The van der Waals surface area contributed by atoms with Crippen molar-refractivity contribution in [2.45, 2.75) is 13.0 Å². The lowest BCUT2D eigenvalue weighted by atomic mass is 10.1. The van der Waals surface area contributed by atoms with Gasteiger partial charge in [0.1, 0.15) is 0 Å². The van der Waals surface area contributed by atoms with Gasteiger partial charge in [0.05, 0.1) is 38.5 Å². The molecule has 1 atom stereocenters. The number of hydrogen-bond donors (Lipinski definition) is 1. The Morgan fingerprint density at radius 3 is 2.44 bits per heavy atom. The summed E-state index contributed by atoms with van der Waals surface area (Å²) in [6.07, 6.45) is 4.85. The highest BCUT2D eigenvalue weighted by atomic mass is 32.2. The number of nitrogens with two attached hydrogens (primary N) is 1. The first-order valence-electron chi connectivity index (χ1n) is 11.5. The van der Waals surface area contributed by atoms with Crippen molar-refractivity contribution in [3.05, 3.63) is 23.3 Å². The van der Waals surface area contributed by atoms with Crippen LogP contribution in [0.25, 0.3) is 10.4 Å². The average molecular weight is 509 g/mol. The molecular weight excluding hydrogens is 476 g/mol. The fourth-order valence-electron chi connectivity index (χ4n) is 4.70. The number of hydrazine groups is 1. The highest BCUT2D eigenvalue weighted by molar-refractivity contribution is 7.88. The topological polar surface area (TPSA) is 111 Å². The second kappa shape index (κ2) is 9.64. The first kappa shape index (κ1) is 23.9. The molecule has 5 rings (SSSR count). The van der Waals surface area contributed by atoms with Crippen molar-refractivity contribution in [2.24, 2.45) is 0 Å². The summed E-state index contributed by atoms with van der Waals surface area (Å²) < 4.78 is 30.9. The van der Waals surface area contributed by atoms with Crippen LogP contribution >= 0.6 is 11.3 Å². The first-order chi connectivity index (χ1) is 16.3. The molecule has 0 bridgehead atoms. The zero-order valence-corrected chi connectivity index (χ0v) is 21.3. The Bertz CT molecular complexity index is 1100. The van der Waals surface area contributed by atoms with Gasteiger partial charge < -0.3 is 10.5 Å². The second-order valence-corrected chi connectivity index (χ2v) is 12.0. The molecule has 0 saturated carbocycles. The maximum atomic E-state index is 11.9. The number of piperazine rings is 1. The van der Waals surface area contributed by atoms with E-state index in [9.17, 15) is 8.42 Å². The molecule has 2 saturated heterocycles. The Labute approximate surface area is 204 Å². The quantitative estimate of drug-likeness (QED) is 0.620. The van der Waals surface area contributed by atoms with Crippen LogP contribution in [0.4, 0.5) is 11.6 Å². The first-order valence-corrected chi connectivity index (χ1v) is 14.2. The molecule has 0 radical (unpaired) electrons. The summed E-state index contributed by atoms with van der Waals surface area (Å²) >= 11 is 1.77. The molecule has 5 heterocycles. The molecule has 0 aromatic carbocycles. The Kier molecular flexibility index (Phi) is 6.77. The molecule has 11 nitrogen and oxygen atoms in total. The molecule has 2 N–H and O–H groups in total. The van der Waals surface area contributed by atoms with E-state index in [1.54, 1.807) is 28.0 Å². The number of morpholine rings is 1. The fourth-order valence-corrected chi connectivity index (χ4v) is 6.75. The molecule has 3 aliphatic rings. The average Bonchev–Trinajstić information content (AvgIpc) is 3.27. The van der Waals surface area contributed by atoms with Crippen molar-refractivity contribution in [1.82, 2.24) is 29.1 Å². The summed E-state index contributed by atoms with van der Waals surface area (Å²) in [6.45, 7) is 9.51. The predicted molar refractivity (Wildman–Crippen MR) is 133 cm³/mol. The molecule has 1 unspecified atom stereocenters. The number of nitrogen functional groups attached to an aromatic ring is 1. The van der Waals surface area contributed by atoms with E-state index < -0.39 is 10.0 Å². The van der Waals surface area contributed by atoms with Crippen LogP contribution < -0.4 is 10.7 Å². The Morgan fingerprint density at radius 2 is 1.79 bits per heavy atom. The van der Waals surface area contributed by atoms with Crippen LogP contribution in [0.3, 0.4) is 0 Å². The molecule has 13 heteroatoms. The summed E-state index contributed by atoms with van der Waals surface area (Å²) in [5.41, 5.74) is 7.88. The van der Waals surface area contributed by atoms with Crippen LogP contribution in [-0.2, 0) is 14.8 Å². The van der Waals surface area contributed by atoms with E-state index in [0.717, 1.165) is 63.2 Å². The van der Waals surface area contributed by atoms with E-state index in [-0.39, 0.29) is 12.0 Å². The lowest BCUT2D eigenvalue weighted by Gasteiger charge is -2.48. The van der Waals surface area contributed by atoms with Gasteiger partial charge in [0.15, 0.2) is 0 Å². The molecule has 0 aliphatic carbocycles. The maximum Gasteiger partial charge on any atom is 0.219 e. The lowest BCUT2D eigenvalue weighted by molar-refractivity contribution is 0.00755. The third-order valence-electron chi connectivity index (χ3n) is 6.73. The molecule has 0 amide bonds. The summed E-state index contributed by atoms with van der Waals surface area (Å²) in [4.78, 5) is 15.6. The van der Waals surface area contributed by atoms with Crippen molar-refractivity contribution in [2.75, 3.05) is 82.8 Å². The Balaban J connectivity index is 1.39. The van der Waals surface area contributed by atoms with Crippen molar-refractivity contribution in [3.8, 4) is 10.4 Å². The van der Waals surface area contributed by atoms with E-state index >= 15 is 0 Å². The van der Waals surface area contributed by atoms with Gasteiger partial charge in [0, 0.05) is 73.0 Å². The molecule has 0 spiro atoms. The van der Waals surface area contributed by atoms with Crippen LogP contribution in [0.2, 0.25) is 0 Å². The number of fused-ring (bicyclic) bond motifs is 1. The van der Waals surface area contributed by atoms with Gasteiger partial charge in [-0.25, -0.2) is 23.4 Å². The van der Waals surface area contributed by atoms with Crippen molar-refractivity contribution < 1.29 is 13.2 Å². The van der Waals surface area contributed by atoms with Crippen LogP contribution in [0.15, 0.2) is 18.5 Å². The van der Waals surface area contributed by atoms with Gasteiger partial charge in [-0.2, -0.15) is 4.31 Å². The largest absolute Gasteiger partial charge is 0.379 e. The zero-order valence-electron chi connectivity index (χ0n) is 19.6. The molecule has 2 fully saturated rings. The van der Waals surface area contributed by atoms with Gasteiger partial charge in [0.25, 0.3) is 0 Å². The predicted octanol–water partition coefficient (Wildman–Crippen LogP) is 0.710. The molecule has 34 heavy (non-hydrogen) atoms. The monoisotopic (exact) mass is 508 g/mol. The molecule has 186 valence electrons. The lowest BCUT2D eigenvalue weighted by Crippen LogP contribution is -2.58. The van der Waals surface area contributed by atoms with E-state index in [0.29, 0.717) is 13.1 Å². The zero-order chi connectivity index (χ0) is 23.9. The van der Waals surface area contributed by atoms with Crippen LogP contribution in [0, 0.1) is 0 Å². The maximum absolute atomic E-state index is 11.9. The van der Waals surface area contributed by atoms with Crippen molar-refractivity contribution >= 4 is 33.0 Å². The molecule has 2 aromatic rings. The normalized spacial score (nSPS) is 23.8. The van der Waals surface area contributed by atoms with E-state index in [2.05, 4.69) is 42.8 Å². The van der Waals surface area contributed by atoms with Crippen LogP contribution in [0.1, 0.15) is 17.8 Å². The highest BCUT2D eigenvalue weighted by Crippen LogP contribution is 2.45. The minimum atomic E-state index is -3.13. The van der Waals surface area contributed by atoms with Gasteiger partial charge >= 0.3 is 0 Å². The third kappa shape index (κ3) is 4.91.